The summed E-state index contributed by atoms with van der Waals surface area (Å²) in [6.45, 7) is 4.06. The summed E-state index contributed by atoms with van der Waals surface area (Å²) in [5.41, 5.74) is 1.19. The van der Waals surface area contributed by atoms with Crippen LogP contribution in [0.4, 0.5) is 0 Å². The van der Waals surface area contributed by atoms with E-state index in [0.29, 0.717) is 18.4 Å². The van der Waals surface area contributed by atoms with Gasteiger partial charge in [-0.15, -0.1) is 12.4 Å². The van der Waals surface area contributed by atoms with E-state index in [0.717, 1.165) is 39.0 Å². The molecule has 3 aliphatic rings. The number of rotatable bonds is 2. The lowest BCUT2D eigenvalue weighted by Gasteiger charge is -2.40. The number of morpholine rings is 1. The highest BCUT2D eigenvalue weighted by Crippen LogP contribution is 2.48. The van der Waals surface area contributed by atoms with Gasteiger partial charge in [0.1, 0.15) is 0 Å². The van der Waals surface area contributed by atoms with E-state index in [1.807, 2.05) is 11.0 Å². The molecule has 0 bridgehead atoms. The quantitative estimate of drug-likeness (QED) is 0.903. The topological polar surface area (TPSA) is 41.6 Å². The highest BCUT2D eigenvalue weighted by molar-refractivity contribution is 5.85. The molecule has 2 heterocycles. The van der Waals surface area contributed by atoms with Crippen molar-refractivity contribution in [3.8, 4) is 0 Å². The standard InChI is InChI=1S/C17H22N2O2.ClH/c20-16(15-10-14(15)13-4-2-1-3-5-13)19-8-9-21-17(12-19)6-7-18-11-17;/h1-5,14-15,18H,6-12H2;1H/t14-,15+,17?;/m0./s1. The van der Waals surface area contributed by atoms with E-state index in [2.05, 4.69) is 29.6 Å². The number of halogens is 1. The van der Waals surface area contributed by atoms with Gasteiger partial charge in [-0.25, -0.2) is 0 Å². The van der Waals surface area contributed by atoms with Gasteiger partial charge in [0.15, 0.2) is 0 Å². The molecule has 1 unspecified atom stereocenters. The fourth-order valence-corrected chi connectivity index (χ4v) is 3.78. The van der Waals surface area contributed by atoms with Crippen molar-refractivity contribution in [2.45, 2.75) is 24.4 Å². The SMILES string of the molecule is Cl.O=C([C@@H]1C[C@H]1c1ccccc1)N1CCOC2(CCNC2)C1. The Bertz CT molecular complexity index is 531. The molecule has 5 heteroatoms. The lowest BCUT2D eigenvalue weighted by Crippen LogP contribution is -2.55. The van der Waals surface area contributed by atoms with E-state index in [-0.39, 0.29) is 23.9 Å². The van der Waals surface area contributed by atoms with Crippen molar-refractivity contribution in [1.29, 1.82) is 0 Å². The molecule has 3 fully saturated rings. The van der Waals surface area contributed by atoms with Crippen LogP contribution in [0.5, 0.6) is 0 Å². The number of hydrogen-bond donors (Lipinski definition) is 1. The third-order valence-electron chi connectivity index (χ3n) is 5.10. The predicted molar refractivity (Wildman–Crippen MR) is 87.3 cm³/mol. The molecule has 1 spiro atoms. The fourth-order valence-electron chi connectivity index (χ4n) is 3.78. The molecule has 1 aromatic rings. The van der Waals surface area contributed by atoms with Crippen LogP contribution in [-0.4, -0.2) is 49.2 Å². The van der Waals surface area contributed by atoms with Gasteiger partial charge in [0.25, 0.3) is 0 Å². The summed E-state index contributed by atoms with van der Waals surface area (Å²) < 4.78 is 5.96. The van der Waals surface area contributed by atoms with E-state index >= 15 is 0 Å². The maximum atomic E-state index is 12.7. The first-order valence-corrected chi connectivity index (χ1v) is 7.96. The third kappa shape index (κ3) is 2.87. The van der Waals surface area contributed by atoms with Gasteiger partial charge in [0, 0.05) is 19.0 Å². The Balaban J connectivity index is 0.00000144. The van der Waals surface area contributed by atoms with Crippen molar-refractivity contribution in [2.75, 3.05) is 32.8 Å². The largest absolute Gasteiger partial charge is 0.370 e. The second kappa shape index (κ2) is 6.19. The zero-order valence-corrected chi connectivity index (χ0v) is 13.5. The normalized spacial score (nSPS) is 33.5. The molecular weight excluding hydrogens is 300 g/mol. The lowest BCUT2D eigenvalue weighted by molar-refractivity contribution is -0.149. The minimum atomic E-state index is -0.120. The Morgan fingerprint density at radius 2 is 2.14 bits per heavy atom. The maximum Gasteiger partial charge on any atom is 0.226 e. The van der Waals surface area contributed by atoms with Crippen molar-refractivity contribution in [3.63, 3.8) is 0 Å². The average Bonchev–Trinajstić information content (AvgIpc) is 3.22. The van der Waals surface area contributed by atoms with E-state index in [1.54, 1.807) is 0 Å². The molecule has 1 aliphatic carbocycles. The number of carbonyl (C=O) groups is 1. The minimum absolute atomic E-state index is 0. The van der Waals surface area contributed by atoms with Crippen molar-refractivity contribution >= 4 is 18.3 Å². The molecule has 0 aromatic heterocycles. The van der Waals surface area contributed by atoms with Crippen LogP contribution in [0.15, 0.2) is 30.3 Å². The molecule has 4 rings (SSSR count). The summed E-state index contributed by atoms with van der Waals surface area (Å²) >= 11 is 0. The van der Waals surface area contributed by atoms with E-state index < -0.39 is 0 Å². The van der Waals surface area contributed by atoms with Gasteiger partial charge in [-0.05, 0) is 30.9 Å². The number of benzene rings is 1. The molecule has 1 aromatic carbocycles. The second-order valence-corrected chi connectivity index (χ2v) is 6.58. The van der Waals surface area contributed by atoms with Crippen LogP contribution >= 0.6 is 12.4 Å². The van der Waals surface area contributed by atoms with Gasteiger partial charge in [-0.3, -0.25) is 4.79 Å². The molecule has 120 valence electrons. The van der Waals surface area contributed by atoms with Crippen LogP contribution in [0.25, 0.3) is 0 Å². The predicted octanol–water partition coefficient (Wildman–Crippen LogP) is 1.80. The number of amides is 1. The van der Waals surface area contributed by atoms with Gasteiger partial charge < -0.3 is 15.0 Å². The van der Waals surface area contributed by atoms with Crippen LogP contribution in [0.3, 0.4) is 0 Å². The third-order valence-corrected chi connectivity index (χ3v) is 5.10. The highest BCUT2D eigenvalue weighted by Gasteiger charge is 2.48. The van der Waals surface area contributed by atoms with Gasteiger partial charge in [-0.1, -0.05) is 30.3 Å². The van der Waals surface area contributed by atoms with Crippen LogP contribution in [-0.2, 0) is 9.53 Å². The lowest BCUT2D eigenvalue weighted by atomic mass is 10.00. The first-order chi connectivity index (χ1) is 10.3. The zero-order chi connectivity index (χ0) is 14.3. The number of carbonyl (C=O) groups excluding carboxylic acids is 1. The molecular formula is C17H23ClN2O2. The number of hydrogen-bond acceptors (Lipinski definition) is 3. The average molecular weight is 323 g/mol. The summed E-state index contributed by atoms with van der Waals surface area (Å²) in [5, 5.41) is 3.36. The van der Waals surface area contributed by atoms with Crippen molar-refractivity contribution in [2.24, 2.45) is 5.92 Å². The van der Waals surface area contributed by atoms with E-state index in [4.69, 9.17) is 4.74 Å². The Labute approximate surface area is 137 Å². The summed E-state index contributed by atoms with van der Waals surface area (Å²) in [5.74, 6) is 0.953. The van der Waals surface area contributed by atoms with Crippen molar-refractivity contribution in [1.82, 2.24) is 10.2 Å². The molecule has 3 atom stereocenters. The monoisotopic (exact) mass is 322 g/mol. The molecule has 1 N–H and O–H groups in total. The molecule has 2 aliphatic heterocycles. The first-order valence-electron chi connectivity index (χ1n) is 7.96. The molecule has 0 radical (unpaired) electrons. The van der Waals surface area contributed by atoms with E-state index in [1.165, 1.54) is 5.56 Å². The molecule has 1 amide bonds. The summed E-state index contributed by atoms with van der Waals surface area (Å²) in [4.78, 5) is 14.8. The molecule has 1 saturated carbocycles. The van der Waals surface area contributed by atoms with Crippen LogP contribution in [0.2, 0.25) is 0 Å². The van der Waals surface area contributed by atoms with E-state index in [9.17, 15) is 4.79 Å². The fraction of sp³-hybridized carbons (Fsp3) is 0.588. The highest BCUT2D eigenvalue weighted by atomic mass is 35.5. The number of ether oxygens (including phenoxy) is 1. The summed E-state index contributed by atoms with van der Waals surface area (Å²) in [7, 11) is 0. The van der Waals surface area contributed by atoms with Crippen molar-refractivity contribution in [3.05, 3.63) is 35.9 Å². The van der Waals surface area contributed by atoms with Gasteiger partial charge in [0.2, 0.25) is 5.91 Å². The Hall–Kier alpha value is -1.10. The van der Waals surface area contributed by atoms with Crippen molar-refractivity contribution < 1.29 is 9.53 Å². The van der Waals surface area contributed by atoms with Crippen LogP contribution in [0.1, 0.15) is 24.3 Å². The molecule has 2 saturated heterocycles. The molecule has 22 heavy (non-hydrogen) atoms. The van der Waals surface area contributed by atoms with Gasteiger partial charge in [0.05, 0.1) is 18.8 Å². The van der Waals surface area contributed by atoms with Crippen LogP contribution in [0, 0.1) is 5.92 Å². The zero-order valence-electron chi connectivity index (χ0n) is 12.7. The number of nitrogens with one attached hydrogen (secondary N) is 1. The summed E-state index contributed by atoms with van der Waals surface area (Å²) in [6, 6.07) is 10.4. The Morgan fingerprint density at radius 1 is 1.32 bits per heavy atom. The Morgan fingerprint density at radius 3 is 2.86 bits per heavy atom. The van der Waals surface area contributed by atoms with Gasteiger partial charge >= 0.3 is 0 Å². The minimum Gasteiger partial charge on any atom is -0.370 e. The number of nitrogens with zero attached hydrogens (tertiary/aromatic N) is 1. The van der Waals surface area contributed by atoms with Gasteiger partial charge in [-0.2, -0.15) is 0 Å². The summed E-state index contributed by atoms with van der Waals surface area (Å²) in [6.07, 6.45) is 2.02. The molecule has 4 nitrogen and oxygen atoms in total. The van der Waals surface area contributed by atoms with Crippen LogP contribution < -0.4 is 5.32 Å². The second-order valence-electron chi connectivity index (χ2n) is 6.58. The smallest absolute Gasteiger partial charge is 0.226 e. The maximum absolute atomic E-state index is 12.7. The Kier molecular flexibility index (Phi) is 4.44. The first kappa shape index (κ1) is 15.8.